The number of hydrogen-bond donors (Lipinski definition) is 1. The molecule has 0 atom stereocenters. The Morgan fingerprint density at radius 1 is 1.17 bits per heavy atom. The van der Waals surface area contributed by atoms with Gasteiger partial charge in [0.1, 0.15) is 0 Å². The molecule has 6 heteroatoms. The molecule has 0 aliphatic rings. The third-order valence-electron chi connectivity index (χ3n) is 3.46. The Bertz CT molecular complexity index is 742. The quantitative estimate of drug-likeness (QED) is 0.640. The molecule has 2 aromatic rings. The normalized spacial score (nSPS) is 10.7. The second-order valence-electron chi connectivity index (χ2n) is 6.06. The summed E-state index contributed by atoms with van der Waals surface area (Å²) in [6.45, 7) is 4.28. The van der Waals surface area contributed by atoms with Crippen molar-refractivity contribution >= 4 is 17.3 Å². The first-order valence-corrected chi connectivity index (χ1v) is 7.66. The number of carbonyl (C=O) groups is 1. The van der Waals surface area contributed by atoms with Gasteiger partial charge < -0.3 is 5.32 Å². The van der Waals surface area contributed by atoms with Gasteiger partial charge in [-0.15, -0.1) is 0 Å². The van der Waals surface area contributed by atoms with E-state index in [0.717, 1.165) is 24.1 Å². The molecule has 0 heterocycles. The van der Waals surface area contributed by atoms with Crippen molar-refractivity contribution in [3.63, 3.8) is 0 Å². The summed E-state index contributed by atoms with van der Waals surface area (Å²) in [5.74, 6) is -0.681. The van der Waals surface area contributed by atoms with Crippen LogP contribution in [-0.4, -0.2) is 10.8 Å². The van der Waals surface area contributed by atoms with Crippen molar-refractivity contribution in [2.45, 2.75) is 26.7 Å². The molecule has 0 unspecified atom stereocenters. The van der Waals surface area contributed by atoms with Crippen LogP contribution in [0.1, 0.15) is 25.0 Å². The van der Waals surface area contributed by atoms with Gasteiger partial charge in [-0.2, -0.15) is 4.39 Å². The SMILES string of the molecule is CC(C)Cc1ccc(CC(=O)Nc2ccc(F)c([N+](=O)[O-])c2)cc1. The molecule has 0 aromatic heterocycles. The zero-order valence-electron chi connectivity index (χ0n) is 13.6. The molecule has 0 bridgehead atoms. The van der Waals surface area contributed by atoms with Crippen LogP contribution in [0.2, 0.25) is 0 Å². The number of rotatable bonds is 6. The van der Waals surface area contributed by atoms with Crippen molar-refractivity contribution in [1.82, 2.24) is 0 Å². The fourth-order valence-electron chi connectivity index (χ4n) is 2.39. The van der Waals surface area contributed by atoms with Crippen LogP contribution in [0.15, 0.2) is 42.5 Å². The van der Waals surface area contributed by atoms with Crippen molar-refractivity contribution in [3.8, 4) is 0 Å². The summed E-state index contributed by atoms with van der Waals surface area (Å²) in [6.07, 6.45) is 1.12. The fraction of sp³-hybridized carbons (Fsp3) is 0.278. The Morgan fingerprint density at radius 3 is 2.38 bits per heavy atom. The van der Waals surface area contributed by atoms with E-state index in [4.69, 9.17) is 0 Å². The Balaban J connectivity index is 2.00. The molecule has 0 radical (unpaired) electrons. The summed E-state index contributed by atoms with van der Waals surface area (Å²) in [5.41, 5.74) is 1.59. The Hall–Kier alpha value is -2.76. The molecule has 0 aliphatic heterocycles. The number of anilines is 1. The third-order valence-corrected chi connectivity index (χ3v) is 3.46. The standard InChI is InChI=1S/C18H19FN2O3/c1-12(2)9-13-3-5-14(6-4-13)10-18(22)20-15-7-8-16(19)17(11-15)21(23)24/h3-8,11-12H,9-10H2,1-2H3,(H,20,22). The van der Waals surface area contributed by atoms with Gasteiger partial charge in [0.15, 0.2) is 0 Å². The predicted molar refractivity (Wildman–Crippen MR) is 90.4 cm³/mol. The van der Waals surface area contributed by atoms with Crippen molar-refractivity contribution in [2.75, 3.05) is 5.32 Å². The van der Waals surface area contributed by atoms with Crippen molar-refractivity contribution < 1.29 is 14.1 Å². The van der Waals surface area contributed by atoms with Crippen LogP contribution >= 0.6 is 0 Å². The van der Waals surface area contributed by atoms with E-state index < -0.39 is 16.4 Å². The van der Waals surface area contributed by atoms with Crippen LogP contribution in [0.25, 0.3) is 0 Å². The van der Waals surface area contributed by atoms with Crippen LogP contribution in [0, 0.1) is 21.8 Å². The average Bonchev–Trinajstić information content (AvgIpc) is 2.50. The first-order valence-electron chi connectivity index (χ1n) is 7.66. The summed E-state index contributed by atoms with van der Waals surface area (Å²) in [4.78, 5) is 21.9. The van der Waals surface area contributed by atoms with E-state index in [1.54, 1.807) is 0 Å². The smallest absolute Gasteiger partial charge is 0.306 e. The molecule has 5 nitrogen and oxygen atoms in total. The number of nitro groups is 1. The number of amides is 1. The lowest BCUT2D eigenvalue weighted by atomic mass is 10.0. The lowest BCUT2D eigenvalue weighted by Gasteiger charge is -2.08. The monoisotopic (exact) mass is 330 g/mol. The molecule has 2 aromatic carbocycles. The number of nitro benzene ring substituents is 1. The van der Waals surface area contributed by atoms with Gasteiger partial charge in [-0.05, 0) is 35.6 Å². The highest BCUT2D eigenvalue weighted by Crippen LogP contribution is 2.21. The van der Waals surface area contributed by atoms with Gasteiger partial charge in [0, 0.05) is 11.8 Å². The van der Waals surface area contributed by atoms with E-state index >= 15 is 0 Å². The number of hydrogen-bond acceptors (Lipinski definition) is 3. The van der Waals surface area contributed by atoms with E-state index in [0.29, 0.717) is 5.92 Å². The molecule has 126 valence electrons. The molecule has 0 aliphatic carbocycles. The molecular formula is C18H19FN2O3. The van der Waals surface area contributed by atoms with Crippen LogP contribution in [-0.2, 0) is 17.6 Å². The van der Waals surface area contributed by atoms with Gasteiger partial charge >= 0.3 is 5.69 Å². The highest BCUT2D eigenvalue weighted by atomic mass is 19.1. The van der Waals surface area contributed by atoms with E-state index in [1.807, 2.05) is 24.3 Å². The maximum atomic E-state index is 13.3. The highest BCUT2D eigenvalue weighted by Gasteiger charge is 2.15. The van der Waals surface area contributed by atoms with Gasteiger partial charge in [-0.25, -0.2) is 0 Å². The second-order valence-corrected chi connectivity index (χ2v) is 6.06. The largest absolute Gasteiger partial charge is 0.326 e. The van der Waals surface area contributed by atoms with Gasteiger partial charge in [0.2, 0.25) is 11.7 Å². The van der Waals surface area contributed by atoms with E-state index in [1.165, 1.54) is 11.6 Å². The average molecular weight is 330 g/mol. The molecule has 1 amide bonds. The minimum absolute atomic E-state index is 0.146. The van der Waals surface area contributed by atoms with Crippen LogP contribution in [0.5, 0.6) is 0 Å². The molecule has 0 fully saturated rings. The molecule has 0 saturated heterocycles. The molecule has 1 N–H and O–H groups in total. The second kappa shape index (κ2) is 7.68. The van der Waals surface area contributed by atoms with Gasteiger partial charge in [0.25, 0.3) is 0 Å². The summed E-state index contributed by atoms with van der Waals surface area (Å²) in [6, 6.07) is 11.0. The number of nitrogens with one attached hydrogen (secondary N) is 1. The van der Waals surface area contributed by atoms with Gasteiger partial charge in [-0.3, -0.25) is 14.9 Å². The molecule has 2 rings (SSSR count). The molecule has 24 heavy (non-hydrogen) atoms. The zero-order chi connectivity index (χ0) is 17.7. The minimum Gasteiger partial charge on any atom is -0.326 e. The van der Waals surface area contributed by atoms with E-state index in [-0.39, 0.29) is 18.0 Å². The van der Waals surface area contributed by atoms with Gasteiger partial charge in [-0.1, -0.05) is 38.1 Å². The summed E-state index contributed by atoms with van der Waals surface area (Å²) >= 11 is 0. The number of carbonyl (C=O) groups excluding carboxylic acids is 1. The molecule has 0 saturated carbocycles. The predicted octanol–water partition coefficient (Wildman–Crippen LogP) is 4.11. The van der Waals surface area contributed by atoms with Crippen molar-refractivity contribution in [1.29, 1.82) is 0 Å². The fourth-order valence-corrected chi connectivity index (χ4v) is 2.39. The minimum atomic E-state index is -0.932. The molecule has 0 spiro atoms. The Morgan fingerprint density at radius 2 is 1.79 bits per heavy atom. The Kier molecular flexibility index (Phi) is 5.63. The summed E-state index contributed by atoms with van der Waals surface area (Å²) < 4.78 is 13.3. The summed E-state index contributed by atoms with van der Waals surface area (Å²) in [7, 11) is 0. The lowest BCUT2D eigenvalue weighted by Crippen LogP contribution is -2.14. The van der Waals surface area contributed by atoms with Crippen molar-refractivity contribution in [3.05, 3.63) is 69.5 Å². The number of halogens is 1. The highest BCUT2D eigenvalue weighted by molar-refractivity contribution is 5.92. The van der Waals surface area contributed by atoms with Gasteiger partial charge in [0.05, 0.1) is 11.3 Å². The maximum Gasteiger partial charge on any atom is 0.306 e. The van der Waals surface area contributed by atoms with Crippen LogP contribution < -0.4 is 5.32 Å². The topological polar surface area (TPSA) is 72.2 Å². The number of benzene rings is 2. The summed E-state index contributed by atoms with van der Waals surface area (Å²) in [5, 5.41) is 13.3. The lowest BCUT2D eigenvalue weighted by molar-refractivity contribution is -0.387. The van der Waals surface area contributed by atoms with Crippen molar-refractivity contribution in [2.24, 2.45) is 5.92 Å². The maximum absolute atomic E-state index is 13.3. The third kappa shape index (κ3) is 4.87. The first-order chi connectivity index (χ1) is 11.3. The Labute approximate surface area is 139 Å². The van der Waals surface area contributed by atoms with Crippen LogP contribution in [0.4, 0.5) is 15.8 Å². The van der Waals surface area contributed by atoms with E-state index in [2.05, 4.69) is 19.2 Å². The zero-order valence-corrected chi connectivity index (χ0v) is 13.6. The number of nitrogens with zero attached hydrogens (tertiary/aromatic N) is 1. The molecular weight excluding hydrogens is 311 g/mol. The first kappa shape index (κ1) is 17.6. The van der Waals surface area contributed by atoms with E-state index in [9.17, 15) is 19.3 Å². The van der Waals surface area contributed by atoms with Crippen LogP contribution in [0.3, 0.4) is 0 Å².